The van der Waals surface area contributed by atoms with Crippen molar-refractivity contribution in [3.05, 3.63) is 59.9 Å². The highest BCUT2D eigenvalue weighted by atomic mass is 16.5. The molecule has 3 atom stereocenters. The molecular formula is C21H23N5O2. The molecule has 0 aliphatic carbocycles. The summed E-state index contributed by atoms with van der Waals surface area (Å²) in [7, 11) is 0. The average Bonchev–Trinajstić information content (AvgIpc) is 3.22. The predicted molar refractivity (Wildman–Crippen MR) is 103 cm³/mol. The highest BCUT2D eigenvalue weighted by Gasteiger charge is 2.38. The monoisotopic (exact) mass is 377 g/mol. The van der Waals surface area contributed by atoms with Crippen LogP contribution < -0.4 is 15.6 Å². The number of hydrogen-bond acceptors (Lipinski definition) is 6. The van der Waals surface area contributed by atoms with Crippen molar-refractivity contribution >= 4 is 5.91 Å². The molecule has 2 fully saturated rings. The molecule has 0 saturated carbocycles. The second-order valence-electron chi connectivity index (χ2n) is 7.24. The normalized spacial score (nSPS) is 24.5. The number of aromatic nitrogens is 1. The van der Waals surface area contributed by atoms with Crippen molar-refractivity contribution in [2.75, 3.05) is 19.6 Å². The minimum Gasteiger partial charge on any atom is -0.487 e. The van der Waals surface area contributed by atoms with E-state index in [0.717, 1.165) is 25.1 Å². The number of benzene rings is 1. The zero-order valence-corrected chi connectivity index (χ0v) is 15.5. The van der Waals surface area contributed by atoms with Crippen molar-refractivity contribution in [2.24, 2.45) is 5.92 Å². The van der Waals surface area contributed by atoms with Crippen LogP contribution in [0.2, 0.25) is 0 Å². The number of hydrazine groups is 1. The maximum atomic E-state index is 12.8. The number of nitrogens with one attached hydrogen (secondary N) is 2. The fourth-order valence-electron chi connectivity index (χ4n) is 3.98. The molecule has 4 rings (SSSR count). The van der Waals surface area contributed by atoms with Gasteiger partial charge in [-0.3, -0.25) is 20.6 Å². The molecule has 7 nitrogen and oxygen atoms in total. The van der Waals surface area contributed by atoms with Crippen LogP contribution in [0.15, 0.2) is 48.8 Å². The third kappa shape index (κ3) is 3.98. The lowest BCUT2D eigenvalue weighted by Gasteiger charge is -2.37. The fourth-order valence-corrected chi connectivity index (χ4v) is 3.98. The smallest absolute Gasteiger partial charge is 0.255 e. The number of hydrogen-bond donors (Lipinski definition) is 2. The largest absolute Gasteiger partial charge is 0.487 e. The van der Waals surface area contributed by atoms with Crippen LogP contribution in [0, 0.1) is 17.2 Å². The van der Waals surface area contributed by atoms with E-state index < -0.39 is 0 Å². The molecule has 0 bridgehead atoms. The topological polar surface area (TPSA) is 90.3 Å². The minimum atomic E-state index is -0.0358. The summed E-state index contributed by atoms with van der Waals surface area (Å²) >= 11 is 0. The van der Waals surface area contributed by atoms with E-state index >= 15 is 0 Å². The van der Waals surface area contributed by atoms with E-state index in [2.05, 4.69) is 21.9 Å². The lowest BCUT2D eigenvalue weighted by atomic mass is 9.88. The van der Waals surface area contributed by atoms with Crippen LogP contribution in [0.3, 0.4) is 0 Å². The van der Waals surface area contributed by atoms with Gasteiger partial charge in [-0.15, -0.1) is 0 Å². The summed E-state index contributed by atoms with van der Waals surface area (Å²) in [6.45, 7) is 2.16. The molecule has 0 radical (unpaired) electrons. The lowest BCUT2D eigenvalue weighted by molar-refractivity contribution is 0.0595. The molecule has 3 heterocycles. The second kappa shape index (κ2) is 8.38. The van der Waals surface area contributed by atoms with Gasteiger partial charge in [-0.1, -0.05) is 0 Å². The molecule has 28 heavy (non-hydrogen) atoms. The number of carbonyl (C=O) groups excluding carboxylic acids is 1. The summed E-state index contributed by atoms with van der Waals surface area (Å²) in [5.41, 5.74) is 7.78. The number of carbonyl (C=O) groups is 1. The summed E-state index contributed by atoms with van der Waals surface area (Å²) in [4.78, 5) is 18.8. The van der Waals surface area contributed by atoms with Crippen LogP contribution in [-0.4, -0.2) is 47.6 Å². The van der Waals surface area contributed by atoms with Crippen molar-refractivity contribution < 1.29 is 9.53 Å². The molecule has 1 amide bonds. The first kappa shape index (κ1) is 18.4. The van der Waals surface area contributed by atoms with Gasteiger partial charge in [0.15, 0.2) is 0 Å². The Morgan fingerprint density at radius 1 is 1.29 bits per heavy atom. The molecule has 1 aromatic heterocycles. The van der Waals surface area contributed by atoms with Gasteiger partial charge in [0.25, 0.3) is 5.91 Å². The minimum absolute atomic E-state index is 0.0355. The Morgan fingerprint density at radius 3 is 2.89 bits per heavy atom. The maximum absolute atomic E-state index is 12.8. The van der Waals surface area contributed by atoms with Crippen molar-refractivity contribution in [1.82, 2.24) is 20.7 Å². The van der Waals surface area contributed by atoms with E-state index in [4.69, 9.17) is 10.00 Å². The number of pyridine rings is 1. The third-order valence-electron chi connectivity index (χ3n) is 5.40. The molecule has 2 aliphatic rings. The molecule has 144 valence electrons. The number of amides is 1. The zero-order chi connectivity index (χ0) is 19.3. The van der Waals surface area contributed by atoms with E-state index in [1.54, 1.807) is 30.6 Å². The van der Waals surface area contributed by atoms with Crippen LogP contribution in [0.4, 0.5) is 0 Å². The molecule has 2 N–H and O–H groups in total. The second-order valence-corrected chi connectivity index (χ2v) is 7.24. The standard InChI is InChI=1S/C21H23N5O2/c22-11-15-5-7-18(8-6-15)28-19-13-24-25-20(19)17-4-2-10-26(14-17)21(27)16-3-1-9-23-12-16/h1,3,5-9,12,17,19-20,24-25H,2,4,10,13-14H2. The van der Waals surface area contributed by atoms with Crippen LogP contribution in [0.1, 0.15) is 28.8 Å². The summed E-state index contributed by atoms with van der Waals surface area (Å²) in [6.07, 6.45) is 5.28. The van der Waals surface area contributed by atoms with E-state index in [0.29, 0.717) is 30.1 Å². The molecule has 2 saturated heterocycles. The Kier molecular flexibility index (Phi) is 5.51. The molecule has 0 spiro atoms. The number of likely N-dealkylation sites (tertiary alicyclic amines) is 1. The first-order valence-electron chi connectivity index (χ1n) is 9.59. The Morgan fingerprint density at radius 2 is 2.14 bits per heavy atom. The van der Waals surface area contributed by atoms with Gasteiger partial charge in [0.2, 0.25) is 0 Å². The summed E-state index contributed by atoms with van der Waals surface area (Å²) in [5.74, 6) is 1.08. The zero-order valence-electron chi connectivity index (χ0n) is 15.5. The SMILES string of the molecule is N#Cc1ccc(OC2CNNC2C2CCCN(C(=O)c3cccnc3)C2)cc1. The van der Waals surface area contributed by atoms with E-state index in [1.807, 2.05) is 23.1 Å². The Balaban J connectivity index is 1.42. The van der Waals surface area contributed by atoms with Crippen LogP contribution >= 0.6 is 0 Å². The van der Waals surface area contributed by atoms with Gasteiger partial charge in [-0.2, -0.15) is 5.26 Å². The highest BCUT2D eigenvalue weighted by molar-refractivity contribution is 5.93. The number of piperidine rings is 1. The van der Waals surface area contributed by atoms with Gasteiger partial charge in [0, 0.05) is 32.0 Å². The summed E-state index contributed by atoms with van der Waals surface area (Å²) in [5, 5.41) is 8.93. The highest BCUT2D eigenvalue weighted by Crippen LogP contribution is 2.26. The summed E-state index contributed by atoms with van der Waals surface area (Å²) < 4.78 is 6.17. The first-order valence-corrected chi connectivity index (χ1v) is 9.59. The molecule has 2 aliphatic heterocycles. The number of nitrogens with zero attached hydrogens (tertiary/aromatic N) is 3. The van der Waals surface area contributed by atoms with Crippen LogP contribution in [0.25, 0.3) is 0 Å². The van der Waals surface area contributed by atoms with Gasteiger partial charge in [0.1, 0.15) is 11.9 Å². The fraction of sp³-hybridized carbons (Fsp3) is 0.381. The Bertz CT molecular complexity index is 849. The van der Waals surface area contributed by atoms with Gasteiger partial charge < -0.3 is 9.64 Å². The van der Waals surface area contributed by atoms with Crippen molar-refractivity contribution in [3.8, 4) is 11.8 Å². The number of nitriles is 1. The van der Waals surface area contributed by atoms with Crippen LogP contribution in [-0.2, 0) is 0 Å². The quantitative estimate of drug-likeness (QED) is 0.843. The van der Waals surface area contributed by atoms with Crippen LogP contribution in [0.5, 0.6) is 5.75 Å². The maximum Gasteiger partial charge on any atom is 0.255 e. The molecule has 3 unspecified atom stereocenters. The van der Waals surface area contributed by atoms with E-state index in [1.165, 1.54) is 0 Å². The predicted octanol–water partition coefficient (Wildman–Crippen LogP) is 1.73. The molecular weight excluding hydrogens is 354 g/mol. The van der Waals surface area contributed by atoms with Crippen molar-refractivity contribution in [3.63, 3.8) is 0 Å². The first-order chi connectivity index (χ1) is 13.7. The molecule has 2 aromatic rings. The van der Waals surface area contributed by atoms with E-state index in [9.17, 15) is 4.79 Å². The Labute approximate surface area is 164 Å². The third-order valence-corrected chi connectivity index (χ3v) is 5.40. The molecule has 1 aromatic carbocycles. The number of rotatable bonds is 4. The molecule has 7 heteroatoms. The van der Waals surface area contributed by atoms with Gasteiger partial charge in [0.05, 0.1) is 23.2 Å². The Hall–Kier alpha value is -2.95. The van der Waals surface area contributed by atoms with E-state index in [-0.39, 0.29) is 18.1 Å². The summed E-state index contributed by atoms with van der Waals surface area (Å²) in [6, 6.07) is 13.0. The average molecular weight is 377 g/mol. The van der Waals surface area contributed by atoms with Gasteiger partial charge >= 0.3 is 0 Å². The number of ether oxygens (including phenoxy) is 1. The van der Waals surface area contributed by atoms with Gasteiger partial charge in [-0.25, -0.2) is 0 Å². The van der Waals surface area contributed by atoms with Crippen molar-refractivity contribution in [2.45, 2.75) is 25.0 Å². The van der Waals surface area contributed by atoms with Gasteiger partial charge in [-0.05, 0) is 55.2 Å². The van der Waals surface area contributed by atoms with Crippen molar-refractivity contribution in [1.29, 1.82) is 5.26 Å². The lowest BCUT2D eigenvalue weighted by Crippen LogP contribution is -2.50.